The van der Waals surface area contributed by atoms with Crippen LogP contribution in [0.3, 0.4) is 0 Å². The molecule has 36 heavy (non-hydrogen) atoms. The predicted octanol–water partition coefficient (Wildman–Crippen LogP) is 4.09. The van der Waals surface area contributed by atoms with E-state index in [-0.39, 0.29) is 34.1 Å². The Hall–Kier alpha value is -3.51. The third-order valence-corrected chi connectivity index (χ3v) is 7.23. The number of fused-ring (bicyclic) bond motifs is 1. The maximum atomic E-state index is 14.8. The van der Waals surface area contributed by atoms with Crippen molar-refractivity contribution in [3.05, 3.63) is 54.3 Å². The van der Waals surface area contributed by atoms with Gasteiger partial charge in [0.1, 0.15) is 23.8 Å². The van der Waals surface area contributed by atoms with Crippen molar-refractivity contribution in [2.24, 2.45) is 5.14 Å². The van der Waals surface area contributed by atoms with Crippen LogP contribution in [0, 0.1) is 5.82 Å². The van der Waals surface area contributed by atoms with E-state index in [0.29, 0.717) is 22.7 Å². The summed E-state index contributed by atoms with van der Waals surface area (Å²) in [5, 5.41) is 9.76. The van der Waals surface area contributed by atoms with Gasteiger partial charge in [0.15, 0.2) is 5.82 Å². The second-order valence-electron chi connectivity index (χ2n) is 9.16. The lowest BCUT2D eigenvalue weighted by Crippen LogP contribution is -2.24. The SMILES string of the molecule is CC(C)c1noc(C2CCC(Oc3ncnc4c(-c5ccc(S(N)(=O)=O)cc5F)nccc34)CC2)n1. The Morgan fingerprint density at radius 2 is 1.89 bits per heavy atom. The van der Waals surface area contributed by atoms with Crippen LogP contribution in [0.1, 0.15) is 63.1 Å². The summed E-state index contributed by atoms with van der Waals surface area (Å²) in [5.41, 5.74) is 0.739. The Balaban J connectivity index is 1.36. The van der Waals surface area contributed by atoms with E-state index in [1.165, 1.54) is 24.7 Å². The van der Waals surface area contributed by atoms with Gasteiger partial charge in [0, 0.05) is 23.6 Å². The molecular weight excluding hydrogens is 487 g/mol. The molecule has 1 fully saturated rings. The number of rotatable bonds is 6. The van der Waals surface area contributed by atoms with Crippen LogP contribution in [0.2, 0.25) is 0 Å². The molecule has 0 spiro atoms. The number of hydrogen-bond acceptors (Lipinski definition) is 9. The molecule has 1 aliphatic rings. The molecular formula is C24H25FN6O4S. The maximum Gasteiger partial charge on any atom is 0.238 e. The average Bonchev–Trinajstić information content (AvgIpc) is 3.35. The Labute approximate surface area is 207 Å². The van der Waals surface area contributed by atoms with Crippen LogP contribution in [0.4, 0.5) is 4.39 Å². The minimum absolute atomic E-state index is 0.0609. The average molecular weight is 513 g/mol. The lowest BCUT2D eigenvalue weighted by atomic mass is 9.87. The minimum atomic E-state index is -4.03. The second kappa shape index (κ2) is 9.51. The fourth-order valence-electron chi connectivity index (χ4n) is 4.35. The second-order valence-corrected chi connectivity index (χ2v) is 10.7. The molecule has 10 nitrogen and oxygen atoms in total. The van der Waals surface area contributed by atoms with Gasteiger partial charge in [-0.2, -0.15) is 4.98 Å². The molecule has 2 N–H and O–H groups in total. The monoisotopic (exact) mass is 512 g/mol. The van der Waals surface area contributed by atoms with Crippen LogP contribution in [0.15, 0.2) is 46.2 Å². The van der Waals surface area contributed by atoms with Crippen molar-refractivity contribution in [3.63, 3.8) is 0 Å². The minimum Gasteiger partial charge on any atom is -0.474 e. The van der Waals surface area contributed by atoms with Crippen molar-refractivity contribution >= 4 is 20.9 Å². The fraction of sp³-hybridized carbons (Fsp3) is 0.375. The van der Waals surface area contributed by atoms with Crippen molar-refractivity contribution in [1.82, 2.24) is 25.1 Å². The van der Waals surface area contributed by atoms with Crippen molar-refractivity contribution in [2.75, 3.05) is 0 Å². The van der Waals surface area contributed by atoms with Crippen molar-refractivity contribution in [2.45, 2.75) is 62.4 Å². The van der Waals surface area contributed by atoms with Crippen LogP contribution < -0.4 is 9.88 Å². The number of pyridine rings is 1. The molecule has 3 aromatic heterocycles. The van der Waals surface area contributed by atoms with Crippen molar-refractivity contribution in [1.29, 1.82) is 0 Å². The van der Waals surface area contributed by atoms with E-state index in [2.05, 4.69) is 25.1 Å². The van der Waals surface area contributed by atoms with Gasteiger partial charge in [0.05, 0.1) is 16.0 Å². The molecule has 0 amide bonds. The molecule has 0 atom stereocenters. The lowest BCUT2D eigenvalue weighted by molar-refractivity contribution is 0.135. The molecule has 1 aliphatic carbocycles. The Kier molecular flexibility index (Phi) is 6.39. The molecule has 0 radical (unpaired) electrons. The number of aromatic nitrogens is 5. The highest BCUT2D eigenvalue weighted by Gasteiger charge is 2.28. The zero-order valence-electron chi connectivity index (χ0n) is 19.8. The first-order valence-corrected chi connectivity index (χ1v) is 13.2. The van der Waals surface area contributed by atoms with E-state index < -0.39 is 15.8 Å². The van der Waals surface area contributed by atoms with E-state index in [1.54, 1.807) is 6.07 Å². The highest BCUT2D eigenvalue weighted by Crippen LogP contribution is 2.36. The number of halogens is 1. The zero-order valence-corrected chi connectivity index (χ0v) is 20.6. The Morgan fingerprint density at radius 3 is 2.56 bits per heavy atom. The van der Waals surface area contributed by atoms with E-state index in [4.69, 9.17) is 14.4 Å². The first kappa shape index (κ1) is 24.2. The summed E-state index contributed by atoms with van der Waals surface area (Å²) < 4.78 is 49.7. The fourth-order valence-corrected chi connectivity index (χ4v) is 4.88. The van der Waals surface area contributed by atoms with E-state index >= 15 is 0 Å². The number of nitrogens with zero attached hydrogens (tertiary/aromatic N) is 5. The summed E-state index contributed by atoms with van der Waals surface area (Å²) in [7, 11) is -4.03. The molecule has 0 unspecified atom stereocenters. The Morgan fingerprint density at radius 1 is 1.11 bits per heavy atom. The molecule has 5 rings (SSSR count). The summed E-state index contributed by atoms with van der Waals surface area (Å²) in [6.45, 7) is 4.06. The molecule has 0 saturated heterocycles. The number of nitrogens with two attached hydrogens (primary N) is 1. The molecule has 0 aliphatic heterocycles. The van der Waals surface area contributed by atoms with Crippen molar-refractivity contribution < 1.29 is 22.1 Å². The van der Waals surface area contributed by atoms with E-state index in [9.17, 15) is 12.8 Å². The van der Waals surface area contributed by atoms with Gasteiger partial charge in [-0.05, 0) is 49.9 Å². The van der Waals surface area contributed by atoms with E-state index in [0.717, 1.165) is 37.6 Å². The number of ether oxygens (including phenoxy) is 1. The summed E-state index contributed by atoms with van der Waals surface area (Å²) in [6.07, 6.45) is 6.07. The number of benzene rings is 1. The van der Waals surface area contributed by atoms with Gasteiger partial charge in [0.25, 0.3) is 0 Å². The molecule has 1 aromatic carbocycles. The van der Waals surface area contributed by atoms with Gasteiger partial charge in [-0.15, -0.1) is 0 Å². The normalized spacial score (nSPS) is 18.6. The van der Waals surface area contributed by atoms with Gasteiger partial charge in [0.2, 0.25) is 21.8 Å². The van der Waals surface area contributed by atoms with Gasteiger partial charge in [-0.1, -0.05) is 19.0 Å². The Bertz CT molecular complexity index is 1520. The van der Waals surface area contributed by atoms with Crippen LogP contribution in [-0.2, 0) is 10.0 Å². The molecule has 0 bridgehead atoms. The van der Waals surface area contributed by atoms with Gasteiger partial charge < -0.3 is 9.26 Å². The standard InChI is InChI=1S/C24H25FN6O4S/c1-13(2)22-30-23(35-31-22)14-3-5-15(6-4-14)34-24-18-9-10-27-20(21(18)28-12-29-24)17-8-7-16(11-19(17)25)36(26,32)33/h7-15H,3-6H2,1-2H3,(H2,26,32,33). The molecule has 1 saturated carbocycles. The third-order valence-electron chi connectivity index (χ3n) is 6.32. The summed E-state index contributed by atoms with van der Waals surface area (Å²) in [4.78, 5) is 17.1. The van der Waals surface area contributed by atoms with E-state index in [1.807, 2.05) is 13.8 Å². The van der Waals surface area contributed by atoms with Crippen LogP contribution in [0.25, 0.3) is 22.2 Å². The topological polar surface area (TPSA) is 147 Å². The summed E-state index contributed by atoms with van der Waals surface area (Å²) >= 11 is 0. The van der Waals surface area contributed by atoms with Crippen LogP contribution in [-0.4, -0.2) is 39.6 Å². The zero-order chi connectivity index (χ0) is 25.4. The third kappa shape index (κ3) is 4.78. The van der Waals surface area contributed by atoms with Crippen molar-refractivity contribution in [3.8, 4) is 17.1 Å². The molecule has 12 heteroatoms. The maximum absolute atomic E-state index is 14.8. The van der Waals surface area contributed by atoms with Gasteiger partial charge in [-0.3, -0.25) is 4.98 Å². The highest BCUT2D eigenvalue weighted by molar-refractivity contribution is 7.89. The number of primary sulfonamides is 1. The highest BCUT2D eigenvalue weighted by atomic mass is 32.2. The molecule has 3 heterocycles. The van der Waals surface area contributed by atoms with Crippen LogP contribution in [0.5, 0.6) is 5.88 Å². The number of sulfonamides is 1. The summed E-state index contributed by atoms with van der Waals surface area (Å²) in [6, 6.07) is 5.14. The number of hydrogen-bond donors (Lipinski definition) is 1. The first-order valence-electron chi connectivity index (χ1n) is 11.6. The smallest absolute Gasteiger partial charge is 0.238 e. The largest absolute Gasteiger partial charge is 0.474 e. The van der Waals surface area contributed by atoms with Gasteiger partial charge >= 0.3 is 0 Å². The predicted molar refractivity (Wildman–Crippen MR) is 128 cm³/mol. The quantitative estimate of drug-likeness (QED) is 0.403. The van der Waals surface area contributed by atoms with Crippen LogP contribution >= 0.6 is 0 Å². The first-order chi connectivity index (χ1) is 17.2. The molecule has 188 valence electrons. The lowest BCUT2D eigenvalue weighted by Gasteiger charge is -2.27. The van der Waals surface area contributed by atoms with Gasteiger partial charge in [-0.25, -0.2) is 27.9 Å². The molecule has 4 aromatic rings. The summed E-state index contributed by atoms with van der Waals surface area (Å²) in [5.74, 6) is 1.42.